The first kappa shape index (κ1) is 8.47. The lowest BCUT2D eigenvalue weighted by Gasteiger charge is -2.28. The largest absolute Gasteiger partial charge is 0.390 e. The molecule has 1 rings (SSSR count). The van der Waals surface area contributed by atoms with Crippen LogP contribution in [0, 0.1) is 5.92 Å². The lowest BCUT2D eigenvalue weighted by Crippen LogP contribution is -2.31. The third-order valence-electron chi connectivity index (χ3n) is 2.12. The highest BCUT2D eigenvalue weighted by molar-refractivity contribution is 5.90. The van der Waals surface area contributed by atoms with Crippen molar-refractivity contribution in [3.63, 3.8) is 0 Å². The van der Waals surface area contributed by atoms with Crippen LogP contribution >= 0.6 is 0 Å². The second-order valence-electron chi connectivity index (χ2n) is 3.62. The summed E-state index contributed by atoms with van der Waals surface area (Å²) < 4.78 is 0. The van der Waals surface area contributed by atoms with Crippen LogP contribution < -0.4 is 0 Å². The van der Waals surface area contributed by atoms with Gasteiger partial charge in [-0.3, -0.25) is 4.79 Å². The second kappa shape index (κ2) is 2.78. The first-order chi connectivity index (χ1) is 5.00. The van der Waals surface area contributed by atoms with Gasteiger partial charge in [0.05, 0.1) is 5.60 Å². The van der Waals surface area contributed by atoms with E-state index in [4.69, 9.17) is 0 Å². The van der Waals surface area contributed by atoms with E-state index in [1.165, 1.54) is 0 Å². The molecule has 0 spiro atoms. The van der Waals surface area contributed by atoms with Crippen LogP contribution in [0.25, 0.3) is 0 Å². The van der Waals surface area contributed by atoms with Crippen molar-refractivity contribution >= 4 is 5.78 Å². The van der Waals surface area contributed by atoms with Gasteiger partial charge in [0.25, 0.3) is 0 Å². The molecule has 1 aliphatic carbocycles. The monoisotopic (exact) mass is 154 g/mol. The van der Waals surface area contributed by atoms with Gasteiger partial charge in [-0.25, -0.2) is 0 Å². The van der Waals surface area contributed by atoms with Crippen molar-refractivity contribution in [2.24, 2.45) is 5.92 Å². The van der Waals surface area contributed by atoms with Gasteiger partial charge in [-0.05, 0) is 26.3 Å². The summed E-state index contributed by atoms with van der Waals surface area (Å²) in [5.74, 6) is 0.311. The summed E-state index contributed by atoms with van der Waals surface area (Å²) in [6.45, 7) is 3.55. The average molecular weight is 154 g/mol. The van der Waals surface area contributed by atoms with E-state index < -0.39 is 5.60 Å². The Bertz CT molecular complexity index is 186. The molecule has 0 radical (unpaired) electrons. The van der Waals surface area contributed by atoms with E-state index in [0.717, 1.165) is 6.42 Å². The maximum absolute atomic E-state index is 10.8. The van der Waals surface area contributed by atoms with E-state index in [2.05, 4.69) is 0 Å². The zero-order valence-corrected chi connectivity index (χ0v) is 7.00. The zero-order chi connectivity index (χ0) is 8.48. The molecule has 0 aliphatic heterocycles. The predicted molar refractivity (Wildman–Crippen MR) is 43.2 cm³/mol. The molecule has 1 atom stereocenters. The van der Waals surface area contributed by atoms with E-state index in [1.807, 2.05) is 6.08 Å². The Labute approximate surface area is 66.9 Å². The second-order valence-corrected chi connectivity index (χ2v) is 3.62. The smallest absolute Gasteiger partial charge is 0.155 e. The SMILES string of the molecule is CC(C)(O)[C@@H]1C=CC(=O)CC1. The third-order valence-corrected chi connectivity index (χ3v) is 2.12. The Morgan fingerprint density at radius 1 is 1.64 bits per heavy atom. The Kier molecular flexibility index (Phi) is 2.14. The number of aliphatic hydroxyl groups is 1. The lowest BCUT2D eigenvalue weighted by atomic mass is 9.83. The molecule has 0 fully saturated rings. The maximum Gasteiger partial charge on any atom is 0.155 e. The minimum atomic E-state index is -0.683. The maximum atomic E-state index is 10.8. The van der Waals surface area contributed by atoms with E-state index >= 15 is 0 Å². The van der Waals surface area contributed by atoms with Crippen molar-refractivity contribution in [1.29, 1.82) is 0 Å². The van der Waals surface area contributed by atoms with Crippen LogP contribution in [0.3, 0.4) is 0 Å². The molecule has 62 valence electrons. The zero-order valence-electron chi connectivity index (χ0n) is 7.00. The van der Waals surface area contributed by atoms with Crippen LogP contribution in [-0.4, -0.2) is 16.5 Å². The quantitative estimate of drug-likeness (QED) is 0.618. The van der Waals surface area contributed by atoms with Gasteiger partial charge in [-0.2, -0.15) is 0 Å². The van der Waals surface area contributed by atoms with Gasteiger partial charge in [0.15, 0.2) is 5.78 Å². The summed E-state index contributed by atoms with van der Waals surface area (Å²) in [5, 5.41) is 9.57. The van der Waals surface area contributed by atoms with Gasteiger partial charge in [-0.1, -0.05) is 6.08 Å². The van der Waals surface area contributed by atoms with Crippen molar-refractivity contribution < 1.29 is 9.90 Å². The summed E-state index contributed by atoms with van der Waals surface area (Å²) in [6, 6.07) is 0. The first-order valence-corrected chi connectivity index (χ1v) is 3.93. The molecule has 11 heavy (non-hydrogen) atoms. The van der Waals surface area contributed by atoms with Crippen LogP contribution in [0.4, 0.5) is 0 Å². The molecule has 0 saturated heterocycles. The minimum absolute atomic E-state index is 0.139. The third kappa shape index (κ3) is 2.15. The molecule has 0 heterocycles. The summed E-state index contributed by atoms with van der Waals surface area (Å²) in [4.78, 5) is 10.8. The van der Waals surface area contributed by atoms with Crippen molar-refractivity contribution in [1.82, 2.24) is 0 Å². The molecular weight excluding hydrogens is 140 g/mol. The molecule has 0 aromatic carbocycles. The Morgan fingerprint density at radius 2 is 2.27 bits per heavy atom. The van der Waals surface area contributed by atoms with E-state index in [9.17, 15) is 9.90 Å². The van der Waals surface area contributed by atoms with Crippen LogP contribution in [0.1, 0.15) is 26.7 Å². The number of rotatable bonds is 1. The minimum Gasteiger partial charge on any atom is -0.390 e. The predicted octanol–water partition coefficient (Wildman–Crippen LogP) is 1.29. The van der Waals surface area contributed by atoms with Gasteiger partial charge in [-0.15, -0.1) is 0 Å². The van der Waals surface area contributed by atoms with Crippen molar-refractivity contribution in [3.05, 3.63) is 12.2 Å². The van der Waals surface area contributed by atoms with Crippen LogP contribution in [0.5, 0.6) is 0 Å². The van der Waals surface area contributed by atoms with E-state index in [-0.39, 0.29) is 11.7 Å². The molecule has 2 nitrogen and oxygen atoms in total. The number of carbonyl (C=O) groups excluding carboxylic acids is 1. The first-order valence-electron chi connectivity index (χ1n) is 3.93. The number of hydrogen-bond donors (Lipinski definition) is 1. The fourth-order valence-electron chi connectivity index (χ4n) is 1.29. The highest BCUT2D eigenvalue weighted by atomic mass is 16.3. The summed E-state index contributed by atoms with van der Waals surface area (Å²) >= 11 is 0. The number of allylic oxidation sites excluding steroid dienone is 1. The molecule has 0 saturated carbocycles. The van der Waals surface area contributed by atoms with Crippen molar-refractivity contribution in [2.45, 2.75) is 32.3 Å². The molecule has 0 bridgehead atoms. The highest BCUT2D eigenvalue weighted by Crippen LogP contribution is 2.25. The number of hydrogen-bond acceptors (Lipinski definition) is 2. The molecule has 0 aromatic heterocycles. The fourth-order valence-corrected chi connectivity index (χ4v) is 1.29. The van der Waals surface area contributed by atoms with E-state index in [1.54, 1.807) is 19.9 Å². The molecule has 0 amide bonds. The molecule has 0 unspecified atom stereocenters. The summed E-state index contributed by atoms with van der Waals surface area (Å²) in [7, 11) is 0. The highest BCUT2D eigenvalue weighted by Gasteiger charge is 2.26. The molecule has 1 N–H and O–H groups in total. The molecule has 1 aliphatic rings. The van der Waals surface area contributed by atoms with Crippen molar-refractivity contribution in [3.8, 4) is 0 Å². The van der Waals surface area contributed by atoms with Gasteiger partial charge >= 0.3 is 0 Å². The fraction of sp³-hybridized carbons (Fsp3) is 0.667. The Morgan fingerprint density at radius 3 is 2.64 bits per heavy atom. The van der Waals surface area contributed by atoms with Crippen LogP contribution in [0.2, 0.25) is 0 Å². The summed E-state index contributed by atoms with van der Waals surface area (Å²) in [5.41, 5.74) is -0.683. The standard InChI is InChI=1S/C9H14O2/c1-9(2,11)7-3-5-8(10)6-4-7/h3,5,7,11H,4,6H2,1-2H3/t7-/m1/s1. The van der Waals surface area contributed by atoms with Crippen LogP contribution in [-0.2, 0) is 4.79 Å². The lowest BCUT2D eigenvalue weighted by molar-refractivity contribution is -0.115. The average Bonchev–Trinajstić information content (AvgIpc) is 1.86. The number of carbonyl (C=O) groups is 1. The van der Waals surface area contributed by atoms with Gasteiger partial charge in [0, 0.05) is 12.3 Å². The van der Waals surface area contributed by atoms with Crippen molar-refractivity contribution in [2.75, 3.05) is 0 Å². The summed E-state index contributed by atoms with van der Waals surface area (Å²) in [6.07, 6.45) is 4.74. The number of ketones is 1. The Balaban J connectivity index is 2.65. The normalized spacial score (nSPS) is 25.7. The van der Waals surface area contributed by atoms with Gasteiger partial charge in [0.2, 0.25) is 0 Å². The molecule has 0 aromatic rings. The Hall–Kier alpha value is -0.630. The topological polar surface area (TPSA) is 37.3 Å². The van der Waals surface area contributed by atoms with Crippen LogP contribution in [0.15, 0.2) is 12.2 Å². The van der Waals surface area contributed by atoms with E-state index in [0.29, 0.717) is 6.42 Å². The molecular formula is C9H14O2. The molecule has 2 heteroatoms. The van der Waals surface area contributed by atoms with Gasteiger partial charge < -0.3 is 5.11 Å². The van der Waals surface area contributed by atoms with Gasteiger partial charge in [0.1, 0.15) is 0 Å².